The van der Waals surface area contributed by atoms with Crippen molar-refractivity contribution in [3.05, 3.63) is 143 Å². The number of rotatable bonds is 14. The molecule has 0 unspecified atom stereocenters. The predicted molar refractivity (Wildman–Crippen MR) is 193 cm³/mol. The molecule has 5 rings (SSSR count). The molecule has 0 amide bonds. The first-order valence-electron chi connectivity index (χ1n) is 16.1. The first-order valence-corrected chi connectivity index (χ1v) is 17.7. The highest BCUT2D eigenvalue weighted by atomic mass is 32.2. The van der Waals surface area contributed by atoms with Crippen LogP contribution >= 0.6 is 23.5 Å². The predicted octanol–water partition coefficient (Wildman–Crippen LogP) is 7.32. The third-order valence-electron chi connectivity index (χ3n) is 7.38. The smallest absolute Gasteiger partial charge is 0.339 e. The minimum absolute atomic E-state index is 0.113. The highest BCUT2D eigenvalue weighted by molar-refractivity contribution is 7.99. The molecule has 264 valence electrons. The third kappa shape index (κ3) is 8.95. The van der Waals surface area contributed by atoms with Gasteiger partial charge in [0.1, 0.15) is 26.4 Å². The Morgan fingerprint density at radius 1 is 0.500 bits per heavy atom. The van der Waals surface area contributed by atoms with E-state index in [1.54, 1.807) is 111 Å². The Hall–Kier alpha value is -5.72. The zero-order valence-electron chi connectivity index (χ0n) is 28.1. The third-order valence-corrected chi connectivity index (χ3v) is 9.65. The Labute approximate surface area is 308 Å². The van der Waals surface area contributed by atoms with Gasteiger partial charge in [-0.05, 0) is 50.2 Å². The number of ketones is 2. The molecule has 0 bridgehead atoms. The van der Waals surface area contributed by atoms with E-state index in [-0.39, 0.29) is 71.4 Å². The van der Waals surface area contributed by atoms with Gasteiger partial charge in [0, 0.05) is 54.0 Å². The van der Waals surface area contributed by atoms with Crippen LogP contribution in [-0.2, 0) is 28.5 Å². The number of carbonyl (C=O) groups is 6. The molecule has 52 heavy (non-hydrogen) atoms. The number of hydrogen-bond acceptors (Lipinski definition) is 12. The fourth-order valence-corrected chi connectivity index (χ4v) is 7.30. The first-order chi connectivity index (χ1) is 25.2. The molecule has 0 atom stereocenters. The lowest BCUT2D eigenvalue weighted by Crippen LogP contribution is -2.22. The molecule has 0 radical (unpaired) electrons. The molecule has 0 saturated carbocycles. The molecule has 1 aliphatic rings. The summed E-state index contributed by atoms with van der Waals surface area (Å²) in [6.07, 6.45) is 5.60. The Morgan fingerprint density at radius 2 is 0.865 bits per heavy atom. The molecule has 1 aliphatic carbocycles. The van der Waals surface area contributed by atoms with Gasteiger partial charge in [-0.2, -0.15) is 0 Å². The Bertz CT molecular complexity index is 1950. The summed E-state index contributed by atoms with van der Waals surface area (Å²) in [6, 6.07) is 23.4. The molecule has 12 heteroatoms. The van der Waals surface area contributed by atoms with Crippen molar-refractivity contribution < 1.29 is 47.7 Å². The van der Waals surface area contributed by atoms with Crippen LogP contribution in [0.3, 0.4) is 0 Å². The van der Waals surface area contributed by atoms with E-state index in [9.17, 15) is 28.8 Å². The van der Waals surface area contributed by atoms with Crippen molar-refractivity contribution in [3.8, 4) is 0 Å². The standard InChI is InChI=1S/C40H32O10S2/c1-3-11-33(41)47-21-23-49-39(45)25-13-5-7-17-29(25)51-31-19-9-15-27-35(31)37(43)28-16-10-20-32(36(28)38(27)44)52-30-18-8-6-14-26(30)40(46)50-24-22-48-34(42)12-4-2/h3-20H,21-24H2,1-2H3/b11-3+,12-4+. The number of fused-ring (bicyclic) bond motifs is 2. The van der Waals surface area contributed by atoms with Gasteiger partial charge < -0.3 is 18.9 Å². The van der Waals surface area contributed by atoms with Crippen LogP contribution in [0.1, 0.15) is 66.4 Å². The maximum absolute atomic E-state index is 14.1. The minimum atomic E-state index is -0.638. The maximum atomic E-state index is 14.1. The van der Waals surface area contributed by atoms with E-state index in [2.05, 4.69) is 0 Å². The van der Waals surface area contributed by atoms with Gasteiger partial charge in [0.25, 0.3) is 0 Å². The SMILES string of the molecule is C/C=C/C(=O)OCCOC(=O)c1ccccc1Sc1cccc2c1C(=O)c1cccc(Sc3ccccc3C(=O)OCCOC(=O)/C=C/C)c1C2=O. The molecular weight excluding hydrogens is 705 g/mol. The van der Waals surface area contributed by atoms with Crippen molar-refractivity contribution in [2.24, 2.45) is 0 Å². The second kappa shape index (κ2) is 18.0. The number of hydrogen-bond donors (Lipinski definition) is 0. The van der Waals surface area contributed by atoms with Crippen LogP contribution in [0, 0.1) is 0 Å². The molecule has 0 aromatic heterocycles. The lowest BCUT2D eigenvalue weighted by molar-refractivity contribution is -0.139. The monoisotopic (exact) mass is 736 g/mol. The number of esters is 4. The summed E-state index contributed by atoms with van der Waals surface area (Å²) in [7, 11) is 0. The normalized spacial score (nSPS) is 12.0. The summed E-state index contributed by atoms with van der Waals surface area (Å²) >= 11 is 2.31. The van der Waals surface area contributed by atoms with Crippen LogP contribution in [-0.4, -0.2) is 61.9 Å². The Kier molecular flexibility index (Phi) is 13.0. The number of allylic oxidation sites excluding steroid dienone is 2. The van der Waals surface area contributed by atoms with Gasteiger partial charge in [0.05, 0.1) is 11.1 Å². The van der Waals surface area contributed by atoms with E-state index in [0.29, 0.717) is 19.6 Å². The van der Waals surface area contributed by atoms with E-state index in [1.165, 1.54) is 12.2 Å². The zero-order valence-corrected chi connectivity index (χ0v) is 29.8. The maximum Gasteiger partial charge on any atom is 0.339 e. The van der Waals surface area contributed by atoms with Gasteiger partial charge in [-0.3, -0.25) is 9.59 Å². The van der Waals surface area contributed by atoms with Crippen molar-refractivity contribution in [2.75, 3.05) is 26.4 Å². The van der Waals surface area contributed by atoms with Gasteiger partial charge >= 0.3 is 23.9 Å². The topological polar surface area (TPSA) is 139 Å². The number of benzene rings is 4. The lowest BCUT2D eigenvalue weighted by atomic mass is 9.84. The van der Waals surface area contributed by atoms with Crippen molar-refractivity contribution in [3.63, 3.8) is 0 Å². The molecule has 0 N–H and O–H groups in total. The van der Waals surface area contributed by atoms with E-state index in [1.807, 2.05) is 0 Å². The molecule has 4 aromatic rings. The molecule has 10 nitrogen and oxygen atoms in total. The molecule has 0 aliphatic heterocycles. The highest BCUT2D eigenvalue weighted by Crippen LogP contribution is 2.42. The van der Waals surface area contributed by atoms with Gasteiger partial charge in [-0.15, -0.1) is 0 Å². The van der Waals surface area contributed by atoms with Crippen molar-refractivity contribution in [1.82, 2.24) is 0 Å². The summed E-state index contributed by atoms with van der Waals surface area (Å²) in [5.74, 6) is -3.09. The summed E-state index contributed by atoms with van der Waals surface area (Å²) in [4.78, 5) is 79.3. The van der Waals surface area contributed by atoms with E-state index < -0.39 is 23.9 Å². The second-order valence-corrected chi connectivity index (χ2v) is 13.0. The van der Waals surface area contributed by atoms with E-state index in [4.69, 9.17) is 18.9 Å². The van der Waals surface area contributed by atoms with Gasteiger partial charge in [0.15, 0.2) is 11.6 Å². The summed E-state index contributed by atoms with van der Waals surface area (Å²) in [6.45, 7) is 2.84. The van der Waals surface area contributed by atoms with Crippen molar-refractivity contribution in [2.45, 2.75) is 33.4 Å². The van der Waals surface area contributed by atoms with Crippen molar-refractivity contribution >= 4 is 59.0 Å². The number of carbonyl (C=O) groups excluding carboxylic acids is 6. The van der Waals surface area contributed by atoms with Crippen LogP contribution in [0.4, 0.5) is 0 Å². The first kappa shape index (κ1) is 37.5. The highest BCUT2D eigenvalue weighted by Gasteiger charge is 2.34. The molecule has 4 aromatic carbocycles. The molecular formula is C40H32O10S2. The zero-order chi connectivity index (χ0) is 37.0. The van der Waals surface area contributed by atoms with Gasteiger partial charge in [-0.25, -0.2) is 19.2 Å². The minimum Gasteiger partial charge on any atom is -0.459 e. The summed E-state index contributed by atoms with van der Waals surface area (Å²) in [5.41, 5.74) is 1.32. The van der Waals surface area contributed by atoms with Crippen LogP contribution in [0.5, 0.6) is 0 Å². The van der Waals surface area contributed by atoms with E-state index in [0.717, 1.165) is 23.5 Å². The van der Waals surface area contributed by atoms with Crippen LogP contribution in [0.25, 0.3) is 0 Å². The van der Waals surface area contributed by atoms with E-state index >= 15 is 0 Å². The average Bonchev–Trinajstić information content (AvgIpc) is 3.14. The largest absolute Gasteiger partial charge is 0.459 e. The average molecular weight is 737 g/mol. The molecule has 0 spiro atoms. The summed E-state index contributed by atoms with van der Waals surface area (Å²) in [5, 5.41) is 0. The molecule has 0 heterocycles. The lowest BCUT2D eigenvalue weighted by Gasteiger charge is -2.22. The van der Waals surface area contributed by atoms with Gasteiger partial charge in [0.2, 0.25) is 0 Å². The number of ether oxygens (including phenoxy) is 4. The van der Waals surface area contributed by atoms with Crippen LogP contribution < -0.4 is 0 Å². The molecule has 0 saturated heterocycles. The fourth-order valence-electron chi connectivity index (χ4n) is 5.11. The molecule has 0 fully saturated rings. The van der Waals surface area contributed by atoms with Crippen LogP contribution in [0.2, 0.25) is 0 Å². The van der Waals surface area contributed by atoms with Crippen molar-refractivity contribution in [1.29, 1.82) is 0 Å². The van der Waals surface area contributed by atoms with Crippen LogP contribution in [0.15, 0.2) is 129 Å². The Balaban J connectivity index is 1.35. The Morgan fingerprint density at radius 3 is 1.27 bits per heavy atom. The fraction of sp³-hybridized carbons (Fsp3) is 0.150. The second-order valence-electron chi connectivity index (χ2n) is 10.8. The van der Waals surface area contributed by atoms with Gasteiger partial charge in [-0.1, -0.05) is 84.2 Å². The summed E-state index contributed by atoms with van der Waals surface area (Å²) < 4.78 is 20.6. The quantitative estimate of drug-likeness (QED) is 0.0489.